The first-order chi connectivity index (χ1) is 13.3. The molecule has 0 spiro atoms. The zero-order valence-electron chi connectivity index (χ0n) is 14.2. The van der Waals surface area contributed by atoms with Gasteiger partial charge in [0.25, 0.3) is 0 Å². The Bertz CT molecular complexity index is 1180. The zero-order chi connectivity index (χ0) is 18.2. The van der Waals surface area contributed by atoms with Gasteiger partial charge in [-0.05, 0) is 18.2 Å². The lowest BCUT2D eigenvalue weighted by molar-refractivity contribution is -0.116. The van der Waals surface area contributed by atoms with Gasteiger partial charge in [0.2, 0.25) is 5.91 Å². The van der Waals surface area contributed by atoms with E-state index in [2.05, 4.69) is 21.4 Å². The summed E-state index contributed by atoms with van der Waals surface area (Å²) in [6.45, 7) is 0. The number of benzene rings is 2. The molecule has 1 aliphatic heterocycles. The molecule has 0 aliphatic carbocycles. The highest BCUT2D eigenvalue weighted by Gasteiger charge is 2.19. The molecule has 3 heterocycles. The Morgan fingerprint density at radius 1 is 1.07 bits per heavy atom. The fourth-order valence-electron chi connectivity index (χ4n) is 3.11. The van der Waals surface area contributed by atoms with Gasteiger partial charge < -0.3 is 10.3 Å². The van der Waals surface area contributed by atoms with Gasteiger partial charge in [0.05, 0.1) is 17.1 Å². The minimum Gasteiger partial charge on any atom is -0.360 e. The van der Waals surface area contributed by atoms with E-state index in [1.165, 1.54) is 11.8 Å². The Balaban J connectivity index is 1.67. The average Bonchev–Trinajstić information content (AvgIpc) is 3.41. The van der Waals surface area contributed by atoms with Crippen LogP contribution in [0.5, 0.6) is 0 Å². The van der Waals surface area contributed by atoms with Gasteiger partial charge >= 0.3 is 0 Å². The maximum absolute atomic E-state index is 11.5. The summed E-state index contributed by atoms with van der Waals surface area (Å²) in [5.74, 6) is 1.04. The third kappa shape index (κ3) is 2.92. The number of carbonyl (C=O) groups is 1. The van der Waals surface area contributed by atoms with Gasteiger partial charge in [-0.3, -0.25) is 4.79 Å². The normalized spacial score (nSPS) is 15.6. The number of aromatic amines is 1. The van der Waals surface area contributed by atoms with Crippen molar-refractivity contribution < 1.29 is 4.79 Å². The molecule has 1 saturated heterocycles. The van der Waals surface area contributed by atoms with Crippen molar-refractivity contribution in [2.24, 2.45) is 4.99 Å². The van der Waals surface area contributed by atoms with Crippen LogP contribution in [0.3, 0.4) is 0 Å². The monoisotopic (exact) mass is 373 g/mol. The second-order valence-corrected chi connectivity index (χ2v) is 7.10. The van der Waals surface area contributed by atoms with Gasteiger partial charge in [-0.15, -0.1) is 0 Å². The van der Waals surface area contributed by atoms with Gasteiger partial charge in [0.15, 0.2) is 11.0 Å². The number of aromatic nitrogens is 3. The van der Waals surface area contributed by atoms with Crippen molar-refractivity contribution in [3.05, 3.63) is 66.9 Å². The average molecular weight is 373 g/mol. The fourth-order valence-corrected chi connectivity index (χ4v) is 3.80. The number of para-hydroxylation sites is 2. The van der Waals surface area contributed by atoms with Crippen LogP contribution in [0.2, 0.25) is 0 Å². The maximum atomic E-state index is 11.5. The van der Waals surface area contributed by atoms with Crippen LogP contribution in [0.1, 0.15) is 0 Å². The number of nitrogens with one attached hydrogen (secondary N) is 2. The summed E-state index contributed by atoms with van der Waals surface area (Å²) in [4.78, 5) is 19.4. The van der Waals surface area contributed by atoms with Gasteiger partial charge in [0.1, 0.15) is 0 Å². The maximum Gasteiger partial charge on any atom is 0.236 e. The van der Waals surface area contributed by atoms with E-state index in [1.54, 1.807) is 4.68 Å². The molecule has 1 fully saturated rings. The number of amides is 1. The largest absolute Gasteiger partial charge is 0.360 e. The number of hydrogen-bond donors (Lipinski definition) is 2. The molecule has 7 heteroatoms. The lowest BCUT2D eigenvalue weighted by atomic mass is 10.1. The number of hydrogen-bond acceptors (Lipinski definition) is 4. The third-order valence-electron chi connectivity index (χ3n) is 4.36. The second kappa shape index (κ2) is 6.44. The Morgan fingerprint density at radius 3 is 2.70 bits per heavy atom. The lowest BCUT2D eigenvalue weighted by Crippen LogP contribution is -2.20. The summed E-state index contributed by atoms with van der Waals surface area (Å²) in [5.41, 5.74) is 3.82. The van der Waals surface area contributed by atoms with Crippen LogP contribution >= 0.6 is 11.8 Å². The van der Waals surface area contributed by atoms with Crippen LogP contribution in [0.4, 0.5) is 5.82 Å². The molecule has 4 aromatic rings. The van der Waals surface area contributed by atoms with Crippen molar-refractivity contribution in [2.75, 3.05) is 5.75 Å². The van der Waals surface area contributed by atoms with E-state index in [0.717, 1.165) is 27.8 Å². The third-order valence-corrected chi connectivity index (χ3v) is 5.23. The van der Waals surface area contributed by atoms with Gasteiger partial charge in [-0.2, -0.15) is 5.10 Å². The van der Waals surface area contributed by atoms with E-state index in [-0.39, 0.29) is 5.91 Å². The molecule has 27 heavy (non-hydrogen) atoms. The van der Waals surface area contributed by atoms with Crippen LogP contribution < -0.4 is 5.32 Å². The molecule has 2 aromatic heterocycles. The van der Waals surface area contributed by atoms with Crippen LogP contribution in [0.15, 0.2) is 71.9 Å². The molecule has 0 saturated carbocycles. The summed E-state index contributed by atoms with van der Waals surface area (Å²) in [6, 6.07) is 19.9. The Kier molecular flexibility index (Phi) is 3.79. The van der Waals surface area contributed by atoms with Crippen molar-refractivity contribution in [3.63, 3.8) is 0 Å². The second-order valence-electron chi connectivity index (χ2n) is 6.14. The number of H-pyrrole nitrogens is 1. The van der Waals surface area contributed by atoms with Crippen molar-refractivity contribution in [2.45, 2.75) is 0 Å². The summed E-state index contributed by atoms with van der Waals surface area (Å²) in [6.07, 6.45) is 1.96. The first-order valence-corrected chi connectivity index (χ1v) is 9.50. The summed E-state index contributed by atoms with van der Waals surface area (Å²) in [7, 11) is 0. The SMILES string of the molecule is O=C1CSC(=Nc2cc(-c3c[nH]c4ccccc34)nn2-c2ccccc2)N1. The topological polar surface area (TPSA) is 75.1 Å². The highest BCUT2D eigenvalue weighted by Crippen LogP contribution is 2.32. The number of rotatable bonds is 3. The molecule has 0 atom stereocenters. The van der Waals surface area contributed by atoms with E-state index < -0.39 is 0 Å². The van der Waals surface area contributed by atoms with E-state index in [0.29, 0.717) is 16.7 Å². The predicted molar refractivity (Wildman–Crippen MR) is 109 cm³/mol. The van der Waals surface area contributed by atoms with Crippen LogP contribution in [-0.4, -0.2) is 31.6 Å². The Hall–Kier alpha value is -3.32. The quantitative estimate of drug-likeness (QED) is 0.572. The fraction of sp³-hybridized carbons (Fsp3) is 0.0500. The Labute approximate surface area is 159 Å². The highest BCUT2D eigenvalue weighted by molar-refractivity contribution is 8.15. The standard InChI is InChI=1S/C20H15N5OS/c26-19-12-27-20(23-19)22-18-10-17(24-25(18)13-6-2-1-3-7-13)15-11-21-16-9-5-4-8-14(15)16/h1-11,21H,12H2,(H,22,23,26). The number of nitrogens with zero attached hydrogens (tertiary/aromatic N) is 3. The van der Waals surface area contributed by atoms with E-state index in [1.807, 2.05) is 60.8 Å². The van der Waals surface area contributed by atoms with Gasteiger partial charge in [-0.1, -0.05) is 48.2 Å². The van der Waals surface area contributed by atoms with Crippen molar-refractivity contribution in [1.82, 2.24) is 20.1 Å². The smallest absolute Gasteiger partial charge is 0.236 e. The number of aliphatic imine (C=N–C) groups is 1. The Morgan fingerprint density at radius 2 is 1.89 bits per heavy atom. The molecule has 5 rings (SSSR count). The molecule has 0 bridgehead atoms. The molecule has 132 valence electrons. The molecular formula is C20H15N5OS. The van der Waals surface area contributed by atoms with Crippen LogP contribution in [0.25, 0.3) is 27.8 Å². The first kappa shape index (κ1) is 15.9. The highest BCUT2D eigenvalue weighted by atomic mass is 32.2. The summed E-state index contributed by atoms with van der Waals surface area (Å²) >= 11 is 1.40. The van der Waals surface area contributed by atoms with Crippen molar-refractivity contribution >= 4 is 39.6 Å². The van der Waals surface area contributed by atoms with E-state index in [9.17, 15) is 4.79 Å². The molecule has 2 N–H and O–H groups in total. The molecule has 2 aromatic carbocycles. The van der Waals surface area contributed by atoms with E-state index in [4.69, 9.17) is 5.10 Å². The number of carbonyl (C=O) groups excluding carboxylic acids is 1. The summed E-state index contributed by atoms with van der Waals surface area (Å²) < 4.78 is 1.80. The van der Waals surface area contributed by atoms with Crippen molar-refractivity contribution in [3.8, 4) is 16.9 Å². The minimum absolute atomic E-state index is 0.0265. The molecule has 0 radical (unpaired) electrons. The van der Waals surface area contributed by atoms with Gasteiger partial charge in [-0.25, -0.2) is 9.67 Å². The lowest BCUT2D eigenvalue weighted by Gasteiger charge is -2.04. The van der Waals surface area contributed by atoms with Crippen molar-refractivity contribution in [1.29, 1.82) is 0 Å². The predicted octanol–water partition coefficient (Wildman–Crippen LogP) is 3.87. The molecule has 1 aliphatic rings. The first-order valence-electron chi connectivity index (χ1n) is 8.51. The van der Waals surface area contributed by atoms with Crippen LogP contribution in [0, 0.1) is 0 Å². The van der Waals surface area contributed by atoms with E-state index >= 15 is 0 Å². The minimum atomic E-state index is -0.0265. The van der Waals surface area contributed by atoms with Crippen LogP contribution in [-0.2, 0) is 4.79 Å². The molecular weight excluding hydrogens is 358 g/mol. The zero-order valence-corrected chi connectivity index (χ0v) is 15.0. The molecule has 0 unspecified atom stereocenters. The number of fused-ring (bicyclic) bond motifs is 1. The van der Waals surface area contributed by atoms with Gasteiger partial charge in [0, 0.05) is 28.7 Å². The summed E-state index contributed by atoms with van der Waals surface area (Å²) in [5, 5.41) is 9.29. The molecule has 1 amide bonds. The molecule has 6 nitrogen and oxygen atoms in total. The number of thioether (sulfide) groups is 1. The number of amidine groups is 1.